The molecule has 0 aromatic rings. The Balaban J connectivity index is 0.994. The minimum Gasteiger partial charge on any atom is -0.394 e. The van der Waals surface area contributed by atoms with Gasteiger partial charge in [-0.3, -0.25) is 4.79 Å². The standard InChI is InChI=1S/C40H58O12/c1-19-11-24-5-7-28-20(2)12-26(45-28)9-10-40-17-33-36(51-40)37-38(50-33)39(52-40)35-29(49-37)8-6-25(47-35)13-22(42)14-27-31(16-30(46-24)21(19)3)48-32(34(27)44-4)15-23(43)18-41/h19,23-39,41,43H,2-3,5-18H2,1,4H3/t19-,23+,24+,25-,26+,27+,28+,29?,30-,31?,32-,33+,34-,35+,36-,37+,38-,39+,40+/m1/s1. The van der Waals surface area contributed by atoms with E-state index < -0.39 is 24.1 Å². The average molecular weight is 731 g/mol. The number of ketones is 1. The number of rotatable bonds is 4. The molecule has 10 heterocycles. The first-order valence-corrected chi connectivity index (χ1v) is 20.1. The van der Waals surface area contributed by atoms with Gasteiger partial charge in [0, 0.05) is 51.6 Å². The first-order chi connectivity index (χ1) is 25.1. The molecular weight excluding hydrogens is 672 g/mol. The second-order valence-electron chi connectivity index (χ2n) is 17.4. The molecular formula is C40H58O12. The fraction of sp³-hybridized carbons (Fsp3) is 0.875. The summed E-state index contributed by atoms with van der Waals surface area (Å²) >= 11 is 0. The second kappa shape index (κ2) is 14.3. The molecule has 52 heavy (non-hydrogen) atoms. The van der Waals surface area contributed by atoms with Crippen LogP contribution in [0.15, 0.2) is 24.3 Å². The molecule has 10 aliphatic heterocycles. The van der Waals surface area contributed by atoms with Gasteiger partial charge in [0.25, 0.3) is 0 Å². The third-order valence-corrected chi connectivity index (χ3v) is 13.9. The molecule has 0 aromatic heterocycles. The number of methoxy groups -OCH3 is 1. The maximum Gasteiger partial charge on any atom is 0.172 e. The molecule has 10 aliphatic rings. The van der Waals surface area contributed by atoms with E-state index in [0.29, 0.717) is 25.7 Å². The zero-order valence-corrected chi connectivity index (χ0v) is 30.7. The highest BCUT2D eigenvalue weighted by molar-refractivity contribution is 5.79. The predicted octanol–water partition coefficient (Wildman–Crippen LogP) is 3.47. The lowest BCUT2D eigenvalue weighted by Gasteiger charge is -2.47. The first kappa shape index (κ1) is 36.4. The second-order valence-corrected chi connectivity index (χ2v) is 17.4. The van der Waals surface area contributed by atoms with Crippen LogP contribution in [-0.2, 0) is 47.4 Å². The summed E-state index contributed by atoms with van der Waals surface area (Å²) in [5, 5.41) is 20.1. The lowest BCUT2D eigenvalue weighted by atomic mass is 9.81. The first-order valence-electron chi connectivity index (χ1n) is 20.1. The predicted molar refractivity (Wildman–Crippen MR) is 184 cm³/mol. The van der Waals surface area contributed by atoms with Gasteiger partial charge in [0.05, 0.1) is 73.8 Å². The summed E-state index contributed by atoms with van der Waals surface area (Å²) in [6, 6.07) is 0. The van der Waals surface area contributed by atoms with Gasteiger partial charge in [-0.2, -0.15) is 0 Å². The van der Waals surface area contributed by atoms with E-state index in [1.807, 2.05) is 0 Å². The molecule has 10 fully saturated rings. The molecule has 12 heteroatoms. The lowest BCUT2D eigenvalue weighted by Crippen LogP contribution is -2.61. The molecule has 0 amide bonds. The van der Waals surface area contributed by atoms with Crippen molar-refractivity contribution in [3.8, 4) is 0 Å². The van der Waals surface area contributed by atoms with Gasteiger partial charge in [-0.1, -0.05) is 20.1 Å². The van der Waals surface area contributed by atoms with Crippen molar-refractivity contribution in [1.29, 1.82) is 0 Å². The van der Waals surface area contributed by atoms with E-state index in [1.165, 1.54) is 0 Å². The summed E-state index contributed by atoms with van der Waals surface area (Å²) in [6.07, 6.45) is 4.01. The van der Waals surface area contributed by atoms with Crippen LogP contribution in [0, 0.1) is 11.8 Å². The van der Waals surface area contributed by atoms with Crippen LogP contribution in [-0.4, -0.2) is 133 Å². The van der Waals surface area contributed by atoms with Crippen molar-refractivity contribution in [2.24, 2.45) is 11.8 Å². The molecule has 0 saturated carbocycles. The highest BCUT2D eigenvalue weighted by atomic mass is 16.8. The lowest BCUT2D eigenvalue weighted by molar-refractivity contribution is -0.292. The Bertz CT molecular complexity index is 1370. The summed E-state index contributed by atoms with van der Waals surface area (Å²) in [4.78, 5) is 14.0. The smallest absolute Gasteiger partial charge is 0.172 e. The Hall–Kier alpha value is -1.29. The van der Waals surface area contributed by atoms with Crippen LogP contribution < -0.4 is 0 Å². The monoisotopic (exact) mass is 730 g/mol. The van der Waals surface area contributed by atoms with Crippen molar-refractivity contribution in [2.45, 2.75) is 194 Å². The molecule has 19 atom stereocenters. The topological polar surface area (TPSA) is 141 Å². The number of fused-ring (bicyclic) bond motifs is 6. The third kappa shape index (κ3) is 6.59. The molecule has 12 bridgehead atoms. The summed E-state index contributed by atoms with van der Waals surface area (Å²) in [6.45, 7) is 10.7. The number of aliphatic hydroxyl groups is 2. The van der Waals surface area contributed by atoms with Gasteiger partial charge in [0.1, 0.15) is 36.3 Å². The zero-order chi connectivity index (χ0) is 35.9. The Morgan fingerprint density at radius 1 is 0.788 bits per heavy atom. The summed E-state index contributed by atoms with van der Waals surface area (Å²) < 4.78 is 59.8. The molecule has 12 nitrogen and oxygen atoms in total. The number of carbonyl (C=O) groups excluding carboxylic acids is 1. The van der Waals surface area contributed by atoms with Crippen LogP contribution >= 0.6 is 0 Å². The SMILES string of the molecule is C=C1C[C@@H]2CC[C@@]34C[C@@H]5O[C@@H]6[C@@H](OC7CC[C@H](CC(=O)C[C@H]8C(C[C@H]9O[C@@H](CC[C@@H]1O2)C[C@@H](C)C9=C)O[C@H](C[C@H](O)CO)[C@@H]8OC)O[C@@H]7[C@@H]6O3)[C@@H]5O4. The minimum absolute atomic E-state index is 0.0260. The van der Waals surface area contributed by atoms with E-state index >= 15 is 0 Å². The Labute approximate surface area is 306 Å². The van der Waals surface area contributed by atoms with Crippen molar-refractivity contribution in [1.82, 2.24) is 0 Å². The van der Waals surface area contributed by atoms with Crippen molar-refractivity contribution in [3.63, 3.8) is 0 Å². The molecule has 0 aliphatic carbocycles. The van der Waals surface area contributed by atoms with Crippen LogP contribution in [0.2, 0.25) is 0 Å². The van der Waals surface area contributed by atoms with Gasteiger partial charge < -0.3 is 52.8 Å². The van der Waals surface area contributed by atoms with Gasteiger partial charge in [-0.15, -0.1) is 0 Å². The van der Waals surface area contributed by atoms with Crippen LogP contribution in [0.1, 0.15) is 90.4 Å². The number of Topliss-reactive ketones (excluding diaryl/α,β-unsaturated/α-hetero) is 1. The molecule has 2 N–H and O–H groups in total. The van der Waals surface area contributed by atoms with Gasteiger partial charge >= 0.3 is 0 Å². The van der Waals surface area contributed by atoms with Crippen LogP contribution in [0.5, 0.6) is 0 Å². The third-order valence-electron chi connectivity index (χ3n) is 13.9. The highest BCUT2D eigenvalue weighted by Crippen LogP contribution is 2.54. The van der Waals surface area contributed by atoms with E-state index in [-0.39, 0.29) is 123 Å². The quantitative estimate of drug-likeness (QED) is 0.410. The number of hydrogen-bond donors (Lipinski definition) is 2. The molecule has 290 valence electrons. The summed E-state index contributed by atoms with van der Waals surface area (Å²) in [5.74, 6) is -0.709. The largest absolute Gasteiger partial charge is 0.394 e. The Morgan fingerprint density at radius 2 is 1.54 bits per heavy atom. The maximum absolute atomic E-state index is 14.0. The number of aliphatic hydroxyl groups excluding tert-OH is 2. The van der Waals surface area contributed by atoms with Gasteiger partial charge in [-0.25, -0.2) is 0 Å². The molecule has 1 spiro atoms. The normalized spacial score (nSPS) is 52.4. The fourth-order valence-electron chi connectivity index (χ4n) is 11.3. The van der Waals surface area contributed by atoms with Crippen molar-refractivity contribution >= 4 is 5.78 Å². The van der Waals surface area contributed by atoms with Crippen LogP contribution in [0.4, 0.5) is 0 Å². The zero-order valence-electron chi connectivity index (χ0n) is 30.7. The summed E-state index contributed by atoms with van der Waals surface area (Å²) in [7, 11) is 1.63. The molecule has 0 radical (unpaired) electrons. The van der Waals surface area contributed by atoms with Gasteiger partial charge in [0.2, 0.25) is 0 Å². The van der Waals surface area contributed by atoms with E-state index in [2.05, 4.69) is 20.1 Å². The minimum atomic E-state index is -0.951. The molecule has 10 saturated heterocycles. The van der Waals surface area contributed by atoms with E-state index in [0.717, 1.165) is 49.7 Å². The van der Waals surface area contributed by atoms with Crippen molar-refractivity contribution in [3.05, 3.63) is 24.3 Å². The molecule has 2 unspecified atom stereocenters. The molecule has 0 aromatic carbocycles. The van der Waals surface area contributed by atoms with Crippen LogP contribution in [0.25, 0.3) is 0 Å². The van der Waals surface area contributed by atoms with E-state index in [1.54, 1.807) is 7.11 Å². The number of carbonyl (C=O) groups is 1. The van der Waals surface area contributed by atoms with E-state index in [4.69, 9.17) is 42.6 Å². The Morgan fingerprint density at radius 3 is 2.37 bits per heavy atom. The van der Waals surface area contributed by atoms with Crippen molar-refractivity contribution in [2.75, 3.05) is 13.7 Å². The highest BCUT2D eigenvalue weighted by Gasteiger charge is 2.68. The fourth-order valence-corrected chi connectivity index (χ4v) is 11.3. The molecule has 10 rings (SSSR count). The van der Waals surface area contributed by atoms with E-state index in [9.17, 15) is 15.0 Å². The van der Waals surface area contributed by atoms with Gasteiger partial charge in [-0.05, 0) is 62.0 Å². The van der Waals surface area contributed by atoms with Crippen molar-refractivity contribution < 1.29 is 57.6 Å². The maximum atomic E-state index is 14.0. The van der Waals surface area contributed by atoms with Crippen LogP contribution in [0.3, 0.4) is 0 Å². The summed E-state index contributed by atoms with van der Waals surface area (Å²) in [5.41, 5.74) is 2.17. The average Bonchev–Trinajstić information content (AvgIpc) is 3.79. The Kier molecular flexibility index (Phi) is 10.0. The number of hydrogen-bond acceptors (Lipinski definition) is 12. The van der Waals surface area contributed by atoms with Gasteiger partial charge in [0.15, 0.2) is 5.79 Å². The number of ether oxygens (including phenoxy) is 9.